The van der Waals surface area contributed by atoms with E-state index >= 15 is 0 Å². The molecule has 1 fully saturated rings. The van der Waals surface area contributed by atoms with Crippen LogP contribution in [0.5, 0.6) is 5.75 Å². The molecule has 1 N–H and O–H groups in total. The quantitative estimate of drug-likeness (QED) is 0.588. The lowest BCUT2D eigenvalue weighted by Gasteiger charge is -2.37. The van der Waals surface area contributed by atoms with Gasteiger partial charge in [-0.2, -0.15) is 0 Å². The summed E-state index contributed by atoms with van der Waals surface area (Å²) in [4.78, 5) is 34.8. The van der Waals surface area contributed by atoms with Gasteiger partial charge in [0.15, 0.2) is 6.61 Å². The number of pyridine rings is 1. The van der Waals surface area contributed by atoms with Gasteiger partial charge in [0.25, 0.3) is 5.91 Å². The predicted octanol–water partition coefficient (Wildman–Crippen LogP) is 3.11. The molecule has 0 saturated carbocycles. The molecule has 3 aromatic rings. The Morgan fingerprint density at radius 2 is 1.80 bits per heavy atom. The first-order valence-electron chi connectivity index (χ1n) is 12.1. The van der Waals surface area contributed by atoms with Crippen LogP contribution in [0.4, 0.5) is 11.4 Å². The number of ether oxygens (including phenoxy) is 1. The molecule has 0 radical (unpaired) electrons. The predicted molar refractivity (Wildman–Crippen MR) is 135 cm³/mol. The maximum atomic E-state index is 12.4. The Morgan fingerprint density at radius 3 is 2.57 bits per heavy atom. The molecule has 0 bridgehead atoms. The van der Waals surface area contributed by atoms with Crippen LogP contribution in [0.3, 0.4) is 0 Å². The molecular weight excluding hydrogens is 444 g/mol. The number of benzene rings is 2. The minimum atomic E-state index is -1.04. The van der Waals surface area contributed by atoms with Crippen LogP contribution in [0.2, 0.25) is 0 Å². The summed E-state index contributed by atoms with van der Waals surface area (Å²) in [5.41, 5.74) is 4.83. The Kier molecular flexibility index (Phi) is 6.30. The van der Waals surface area contributed by atoms with Crippen molar-refractivity contribution in [2.24, 2.45) is 0 Å². The van der Waals surface area contributed by atoms with Crippen LogP contribution in [0.1, 0.15) is 18.2 Å². The first-order chi connectivity index (χ1) is 16.9. The molecule has 2 aliphatic rings. The van der Waals surface area contributed by atoms with E-state index in [9.17, 15) is 14.7 Å². The number of carboxylic acids is 1. The number of hydrogen-bond acceptors (Lipinski definition) is 6. The summed E-state index contributed by atoms with van der Waals surface area (Å²) in [5.74, 6) is -0.747. The van der Waals surface area contributed by atoms with Gasteiger partial charge in [0, 0.05) is 49.5 Å². The Labute approximate surface area is 204 Å². The van der Waals surface area contributed by atoms with Gasteiger partial charge < -0.3 is 14.7 Å². The SMILES string of the molecule is Cc1ccc2c(N3CCN(CCc4cccc5c4OCC(=O)N5C(C)C(=O)O)CC3)cccc2n1. The Bertz CT molecular complexity index is 1270. The van der Waals surface area contributed by atoms with E-state index in [0.29, 0.717) is 11.4 Å². The summed E-state index contributed by atoms with van der Waals surface area (Å²) in [6.07, 6.45) is 0.768. The molecule has 5 rings (SSSR count). The largest absolute Gasteiger partial charge is 0.481 e. The highest BCUT2D eigenvalue weighted by molar-refractivity contribution is 6.02. The van der Waals surface area contributed by atoms with Crippen molar-refractivity contribution in [2.45, 2.75) is 26.3 Å². The van der Waals surface area contributed by atoms with E-state index in [1.54, 1.807) is 6.07 Å². The number of aryl methyl sites for hydroxylation is 1. The summed E-state index contributed by atoms with van der Waals surface area (Å²) < 4.78 is 5.77. The monoisotopic (exact) mass is 474 g/mol. The number of fused-ring (bicyclic) bond motifs is 2. The van der Waals surface area contributed by atoms with Gasteiger partial charge in [-0.3, -0.25) is 19.6 Å². The molecule has 2 aromatic carbocycles. The van der Waals surface area contributed by atoms with Crippen LogP contribution in [0.25, 0.3) is 10.9 Å². The first-order valence-corrected chi connectivity index (χ1v) is 12.1. The van der Waals surface area contributed by atoms with Crippen molar-refractivity contribution in [1.29, 1.82) is 0 Å². The van der Waals surface area contributed by atoms with Crippen LogP contribution >= 0.6 is 0 Å². The van der Waals surface area contributed by atoms with Crippen LogP contribution in [-0.4, -0.2) is 72.2 Å². The van der Waals surface area contributed by atoms with Crippen molar-refractivity contribution >= 4 is 34.2 Å². The van der Waals surface area contributed by atoms with Gasteiger partial charge in [-0.05, 0) is 56.2 Å². The van der Waals surface area contributed by atoms with Crippen molar-refractivity contribution in [3.8, 4) is 5.75 Å². The van der Waals surface area contributed by atoms with Crippen LogP contribution in [0, 0.1) is 6.92 Å². The lowest BCUT2D eigenvalue weighted by atomic mass is 10.1. The number of carboxylic acid groups (broad SMARTS) is 1. The summed E-state index contributed by atoms with van der Waals surface area (Å²) >= 11 is 0. The number of amides is 1. The molecule has 0 aliphatic carbocycles. The minimum absolute atomic E-state index is 0.139. The van der Waals surface area contributed by atoms with E-state index in [0.717, 1.165) is 55.9 Å². The van der Waals surface area contributed by atoms with E-state index in [4.69, 9.17) is 4.74 Å². The molecular formula is C27H30N4O4. The number of carbonyl (C=O) groups excluding carboxylic acids is 1. The number of hydrogen-bond donors (Lipinski definition) is 1. The number of carbonyl (C=O) groups is 2. The lowest BCUT2D eigenvalue weighted by Crippen LogP contribution is -2.48. The van der Waals surface area contributed by atoms with Crippen molar-refractivity contribution < 1.29 is 19.4 Å². The number of anilines is 2. The third kappa shape index (κ3) is 4.53. The lowest BCUT2D eigenvalue weighted by molar-refractivity contribution is -0.140. The van der Waals surface area contributed by atoms with Crippen molar-refractivity contribution in [1.82, 2.24) is 9.88 Å². The van der Waals surface area contributed by atoms with Crippen molar-refractivity contribution in [2.75, 3.05) is 49.1 Å². The molecule has 35 heavy (non-hydrogen) atoms. The summed E-state index contributed by atoms with van der Waals surface area (Å²) in [7, 11) is 0. The molecule has 1 atom stereocenters. The second-order valence-electron chi connectivity index (χ2n) is 9.21. The van der Waals surface area contributed by atoms with Crippen molar-refractivity contribution in [3.05, 3.63) is 59.8 Å². The van der Waals surface area contributed by atoms with Crippen LogP contribution in [0.15, 0.2) is 48.5 Å². The highest BCUT2D eigenvalue weighted by Crippen LogP contribution is 2.37. The summed E-state index contributed by atoms with van der Waals surface area (Å²) in [5, 5.41) is 10.6. The van der Waals surface area contributed by atoms with E-state index in [2.05, 4.69) is 45.1 Å². The zero-order chi connectivity index (χ0) is 24.5. The Hall–Kier alpha value is -3.65. The van der Waals surface area contributed by atoms with E-state index < -0.39 is 12.0 Å². The number of aliphatic carboxylic acids is 1. The second kappa shape index (κ2) is 9.54. The molecule has 2 aliphatic heterocycles. The zero-order valence-corrected chi connectivity index (χ0v) is 20.1. The molecule has 1 unspecified atom stereocenters. The molecule has 1 aromatic heterocycles. The Morgan fingerprint density at radius 1 is 1.06 bits per heavy atom. The third-order valence-corrected chi connectivity index (χ3v) is 6.95. The standard InChI is InChI=1S/C27H30N4O4/c1-18-9-10-21-22(28-18)6-4-7-23(21)30-15-13-29(14-16-30)12-11-20-5-3-8-24-26(20)35-17-25(32)31(24)19(2)27(33)34/h3-10,19H,11-17H2,1-2H3,(H,33,34). The molecule has 1 saturated heterocycles. The highest BCUT2D eigenvalue weighted by atomic mass is 16.5. The number of rotatable bonds is 6. The van der Waals surface area contributed by atoms with Gasteiger partial charge >= 0.3 is 5.97 Å². The molecule has 1 amide bonds. The topological polar surface area (TPSA) is 86.2 Å². The van der Waals surface area contributed by atoms with Crippen molar-refractivity contribution in [3.63, 3.8) is 0 Å². The van der Waals surface area contributed by atoms with Gasteiger partial charge in [-0.1, -0.05) is 18.2 Å². The normalized spacial score (nSPS) is 17.3. The van der Waals surface area contributed by atoms with E-state index in [-0.39, 0.29) is 12.5 Å². The number of para-hydroxylation sites is 1. The average Bonchev–Trinajstić information content (AvgIpc) is 2.86. The fraction of sp³-hybridized carbons (Fsp3) is 0.370. The van der Waals surface area contributed by atoms with Gasteiger partial charge in [-0.25, -0.2) is 4.79 Å². The minimum Gasteiger partial charge on any atom is -0.481 e. The van der Waals surface area contributed by atoms with E-state index in [1.165, 1.54) is 22.9 Å². The van der Waals surface area contributed by atoms with Gasteiger partial charge in [0.2, 0.25) is 0 Å². The van der Waals surface area contributed by atoms with Gasteiger partial charge in [0.05, 0.1) is 11.2 Å². The summed E-state index contributed by atoms with van der Waals surface area (Å²) in [6, 6.07) is 15.2. The zero-order valence-electron chi connectivity index (χ0n) is 20.1. The fourth-order valence-electron chi connectivity index (χ4n) is 5.00. The van der Waals surface area contributed by atoms with Crippen LogP contribution < -0.4 is 14.5 Å². The number of nitrogens with zero attached hydrogens (tertiary/aromatic N) is 4. The summed E-state index contributed by atoms with van der Waals surface area (Å²) in [6.45, 7) is 8.05. The molecule has 182 valence electrons. The molecule has 3 heterocycles. The number of piperazine rings is 1. The first kappa shape index (κ1) is 23.1. The van der Waals surface area contributed by atoms with Gasteiger partial charge in [0.1, 0.15) is 11.8 Å². The molecule has 8 nitrogen and oxygen atoms in total. The highest BCUT2D eigenvalue weighted by Gasteiger charge is 2.34. The van der Waals surface area contributed by atoms with Crippen LogP contribution in [-0.2, 0) is 16.0 Å². The van der Waals surface area contributed by atoms with Gasteiger partial charge in [-0.15, -0.1) is 0 Å². The maximum Gasteiger partial charge on any atom is 0.326 e. The smallest absolute Gasteiger partial charge is 0.326 e. The molecule has 0 spiro atoms. The maximum absolute atomic E-state index is 12.4. The fourth-order valence-corrected chi connectivity index (χ4v) is 5.00. The molecule has 8 heteroatoms. The number of aromatic nitrogens is 1. The average molecular weight is 475 g/mol. The second-order valence-corrected chi connectivity index (χ2v) is 9.21. The third-order valence-electron chi connectivity index (χ3n) is 6.95. The van der Waals surface area contributed by atoms with E-state index in [1.807, 2.05) is 19.1 Å². The Balaban J connectivity index is 1.25.